The normalized spacial score (nSPS) is 10.9. The number of hydrogen-bond donors (Lipinski definition) is 1. The highest BCUT2D eigenvalue weighted by Gasteiger charge is 2.01. The van der Waals surface area contributed by atoms with Gasteiger partial charge in [0.2, 0.25) is 0 Å². The lowest BCUT2D eigenvalue weighted by Crippen LogP contribution is -2.02. The molecule has 0 aliphatic heterocycles. The van der Waals surface area contributed by atoms with E-state index in [9.17, 15) is 0 Å². The molecule has 2 aromatic rings. The molecule has 2 heterocycles. The van der Waals surface area contributed by atoms with E-state index in [0.717, 1.165) is 11.9 Å². The number of fused-ring (bicyclic) bond motifs is 1. The van der Waals surface area contributed by atoms with Crippen molar-refractivity contribution in [2.24, 2.45) is 5.73 Å². The van der Waals surface area contributed by atoms with Gasteiger partial charge in [0.25, 0.3) is 0 Å². The molecule has 0 fully saturated rings. The molecule has 68 valence electrons. The number of nitrogens with two attached hydrogens (primary N) is 1. The summed E-state index contributed by atoms with van der Waals surface area (Å²) in [6.07, 6.45) is 4.81. The van der Waals surface area contributed by atoms with Gasteiger partial charge in [0, 0.05) is 6.20 Å². The highest BCUT2D eigenvalue weighted by atomic mass is 15.2. The molecule has 3 heteroatoms. The van der Waals surface area contributed by atoms with Crippen molar-refractivity contribution in [3.8, 4) is 0 Å². The van der Waals surface area contributed by atoms with Gasteiger partial charge in [-0.25, -0.2) is 4.52 Å². The average molecular weight is 175 g/mol. The van der Waals surface area contributed by atoms with Crippen LogP contribution in [0.2, 0.25) is 0 Å². The van der Waals surface area contributed by atoms with Crippen molar-refractivity contribution in [1.82, 2.24) is 9.61 Å². The zero-order chi connectivity index (χ0) is 9.26. The van der Waals surface area contributed by atoms with Gasteiger partial charge < -0.3 is 5.73 Å². The average Bonchev–Trinajstić information content (AvgIpc) is 2.49. The first-order valence-electron chi connectivity index (χ1n) is 4.44. The van der Waals surface area contributed by atoms with Gasteiger partial charge in [-0.05, 0) is 37.1 Å². The fourth-order valence-corrected chi connectivity index (χ4v) is 1.49. The number of rotatable bonds is 2. The van der Waals surface area contributed by atoms with E-state index in [-0.39, 0.29) is 0 Å². The van der Waals surface area contributed by atoms with Crippen LogP contribution in [-0.4, -0.2) is 16.2 Å². The Bertz CT molecular complexity index is 417. The largest absolute Gasteiger partial charge is 0.330 e. The Labute approximate surface area is 77.2 Å². The summed E-state index contributed by atoms with van der Waals surface area (Å²) in [5, 5.41) is 4.26. The Hall–Kier alpha value is -1.35. The lowest BCUT2D eigenvalue weighted by atomic mass is 10.2. The second-order valence-electron chi connectivity index (χ2n) is 3.24. The van der Waals surface area contributed by atoms with Crippen LogP contribution in [0.3, 0.4) is 0 Å². The Morgan fingerprint density at radius 2 is 2.31 bits per heavy atom. The standard InChI is InChI=1S/C10H13N3/c1-8-2-3-10-9(4-5-11)6-12-13(10)7-8/h2-3,6-7H,4-5,11H2,1H3. The number of nitrogens with zero attached hydrogens (tertiary/aromatic N) is 2. The monoisotopic (exact) mass is 175 g/mol. The maximum absolute atomic E-state index is 5.50. The molecule has 0 aromatic carbocycles. The molecule has 3 nitrogen and oxygen atoms in total. The molecule has 0 aliphatic rings. The number of pyridine rings is 1. The van der Waals surface area contributed by atoms with Gasteiger partial charge in [0.15, 0.2) is 0 Å². The summed E-state index contributed by atoms with van der Waals surface area (Å²) in [5.41, 5.74) is 9.11. The number of hydrogen-bond acceptors (Lipinski definition) is 2. The SMILES string of the molecule is Cc1ccc2c(CCN)cnn2c1. The summed E-state index contributed by atoms with van der Waals surface area (Å²) < 4.78 is 1.90. The van der Waals surface area contributed by atoms with Gasteiger partial charge in [0.1, 0.15) is 0 Å². The summed E-state index contributed by atoms with van der Waals surface area (Å²) in [4.78, 5) is 0. The Balaban J connectivity index is 2.55. The molecular formula is C10H13N3. The van der Waals surface area contributed by atoms with Gasteiger partial charge >= 0.3 is 0 Å². The molecule has 0 bridgehead atoms. The highest BCUT2D eigenvalue weighted by Crippen LogP contribution is 2.11. The van der Waals surface area contributed by atoms with Crippen LogP contribution < -0.4 is 5.73 Å². The molecule has 0 spiro atoms. The molecule has 0 radical (unpaired) electrons. The zero-order valence-corrected chi connectivity index (χ0v) is 7.70. The van der Waals surface area contributed by atoms with Crippen LogP contribution in [0.15, 0.2) is 24.5 Å². The van der Waals surface area contributed by atoms with Crippen molar-refractivity contribution in [1.29, 1.82) is 0 Å². The maximum Gasteiger partial charge on any atom is 0.0694 e. The third-order valence-electron chi connectivity index (χ3n) is 2.16. The lowest BCUT2D eigenvalue weighted by Gasteiger charge is -1.97. The Morgan fingerprint density at radius 1 is 1.46 bits per heavy atom. The van der Waals surface area contributed by atoms with Crippen LogP contribution in [-0.2, 0) is 6.42 Å². The maximum atomic E-state index is 5.50. The molecule has 0 saturated carbocycles. The van der Waals surface area contributed by atoms with Crippen LogP contribution in [0.4, 0.5) is 0 Å². The van der Waals surface area contributed by atoms with Crippen molar-refractivity contribution in [3.63, 3.8) is 0 Å². The quantitative estimate of drug-likeness (QED) is 0.744. The van der Waals surface area contributed by atoms with Crippen LogP contribution in [0.25, 0.3) is 5.52 Å². The minimum Gasteiger partial charge on any atom is -0.330 e. The van der Waals surface area contributed by atoms with Crippen molar-refractivity contribution in [2.75, 3.05) is 6.54 Å². The molecule has 0 saturated heterocycles. The van der Waals surface area contributed by atoms with Crippen molar-refractivity contribution < 1.29 is 0 Å². The summed E-state index contributed by atoms with van der Waals surface area (Å²) in [7, 11) is 0. The molecule has 2 rings (SSSR count). The smallest absolute Gasteiger partial charge is 0.0694 e. The van der Waals surface area contributed by atoms with Crippen molar-refractivity contribution in [3.05, 3.63) is 35.7 Å². The molecule has 2 N–H and O–H groups in total. The van der Waals surface area contributed by atoms with Crippen LogP contribution in [0.1, 0.15) is 11.1 Å². The minimum atomic E-state index is 0.676. The highest BCUT2D eigenvalue weighted by molar-refractivity contribution is 5.54. The van der Waals surface area contributed by atoms with E-state index in [4.69, 9.17) is 5.73 Å². The summed E-state index contributed by atoms with van der Waals surface area (Å²) in [5.74, 6) is 0. The Kier molecular flexibility index (Phi) is 2.02. The van der Waals surface area contributed by atoms with Gasteiger partial charge in [-0.3, -0.25) is 0 Å². The van der Waals surface area contributed by atoms with E-state index < -0.39 is 0 Å². The van der Waals surface area contributed by atoms with Gasteiger partial charge in [-0.15, -0.1) is 0 Å². The fourth-order valence-electron chi connectivity index (χ4n) is 1.49. The predicted octanol–water partition coefficient (Wildman–Crippen LogP) is 1.14. The van der Waals surface area contributed by atoms with E-state index in [2.05, 4.69) is 24.2 Å². The first kappa shape index (κ1) is 8.26. The number of aryl methyl sites for hydroxylation is 1. The topological polar surface area (TPSA) is 43.3 Å². The second kappa shape index (κ2) is 3.18. The van der Waals surface area contributed by atoms with Crippen LogP contribution in [0.5, 0.6) is 0 Å². The first-order valence-corrected chi connectivity index (χ1v) is 4.44. The third kappa shape index (κ3) is 1.42. The molecule has 0 amide bonds. The van der Waals surface area contributed by atoms with Gasteiger partial charge in [-0.2, -0.15) is 5.10 Å². The summed E-state index contributed by atoms with van der Waals surface area (Å²) in [6, 6.07) is 4.18. The second-order valence-corrected chi connectivity index (χ2v) is 3.24. The minimum absolute atomic E-state index is 0.676. The molecule has 0 aliphatic carbocycles. The first-order chi connectivity index (χ1) is 6.31. The summed E-state index contributed by atoms with van der Waals surface area (Å²) in [6.45, 7) is 2.74. The van der Waals surface area contributed by atoms with E-state index in [1.807, 2.05) is 16.9 Å². The van der Waals surface area contributed by atoms with Crippen LogP contribution in [0, 0.1) is 6.92 Å². The fraction of sp³-hybridized carbons (Fsp3) is 0.300. The van der Waals surface area contributed by atoms with Gasteiger partial charge in [-0.1, -0.05) is 6.07 Å². The van der Waals surface area contributed by atoms with E-state index in [1.54, 1.807) is 0 Å². The molecular weight excluding hydrogens is 162 g/mol. The van der Waals surface area contributed by atoms with E-state index in [0.29, 0.717) is 6.54 Å². The lowest BCUT2D eigenvalue weighted by molar-refractivity contribution is 0.951. The van der Waals surface area contributed by atoms with Gasteiger partial charge in [0.05, 0.1) is 11.7 Å². The molecule has 13 heavy (non-hydrogen) atoms. The molecule has 0 atom stereocenters. The Morgan fingerprint density at radius 3 is 3.08 bits per heavy atom. The van der Waals surface area contributed by atoms with Crippen molar-refractivity contribution in [2.45, 2.75) is 13.3 Å². The van der Waals surface area contributed by atoms with E-state index >= 15 is 0 Å². The third-order valence-corrected chi connectivity index (χ3v) is 2.16. The molecule has 0 unspecified atom stereocenters. The van der Waals surface area contributed by atoms with Crippen molar-refractivity contribution >= 4 is 5.52 Å². The van der Waals surface area contributed by atoms with E-state index in [1.165, 1.54) is 11.1 Å². The summed E-state index contributed by atoms with van der Waals surface area (Å²) >= 11 is 0. The molecule has 2 aromatic heterocycles. The number of aromatic nitrogens is 2. The van der Waals surface area contributed by atoms with Crippen LogP contribution >= 0.6 is 0 Å². The predicted molar refractivity (Wildman–Crippen MR) is 52.7 cm³/mol. The zero-order valence-electron chi connectivity index (χ0n) is 7.70.